The monoisotopic (exact) mass is 363 g/mol. The highest BCUT2D eigenvalue weighted by molar-refractivity contribution is 9.10. The number of non-ortho nitro benzene ring substituents is 1. The summed E-state index contributed by atoms with van der Waals surface area (Å²) in [5.41, 5.74) is 0.252. The van der Waals surface area contributed by atoms with E-state index in [0.717, 1.165) is 0 Å². The molecule has 10 heteroatoms. The normalized spacial score (nSPS) is 19.4. The van der Waals surface area contributed by atoms with E-state index < -0.39 is 26.1 Å². The van der Waals surface area contributed by atoms with E-state index in [1.165, 1.54) is 23.1 Å². The van der Waals surface area contributed by atoms with E-state index in [-0.39, 0.29) is 18.7 Å². The number of benzene rings is 1. The van der Waals surface area contributed by atoms with Gasteiger partial charge in [-0.25, -0.2) is 13.6 Å². The van der Waals surface area contributed by atoms with Gasteiger partial charge in [0.1, 0.15) is 5.25 Å². The summed E-state index contributed by atoms with van der Waals surface area (Å²) in [5.74, 6) is -0.390. The lowest BCUT2D eigenvalue weighted by molar-refractivity contribution is -0.384. The quantitative estimate of drug-likeness (QED) is 0.626. The number of nitrogens with zero attached hydrogens (tertiary/aromatic N) is 2. The van der Waals surface area contributed by atoms with Crippen molar-refractivity contribution in [3.63, 3.8) is 0 Å². The van der Waals surface area contributed by atoms with Crippen LogP contribution in [0, 0.1) is 10.1 Å². The molecule has 1 aliphatic rings. The Morgan fingerprint density at radius 3 is 2.55 bits per heavy atom. The van der Waals surface area contributed by atoms with E-state index in [1.807, 2.05) is 0 Å². The molecule has 0 spiro atoms. The van der Waals surface area contributed by atoms with Crippen LogP contribution in [0.15, 0.2) is 22.7 Å². The molecule has 1 aromatic rings. The zero-order valence-corrected chi connectivity index (χ0v) is 12.4. The van der Waals surface area contributed by atoms with Gasteiger partial charge < -0.3 is 4.90 Å². The Hall–Kier alpha value is -1.52. The van der Waals surface area contributed by atoms with Crippen molar-refractivity contribution in [1.29, 1.82) is 0 Å². The van der Waals surface area contributed by atoms with Crippen LogP contribution in [-0.2, 0) is 14.8 Å². The molecule has 1 atom stereocenters. The lowest BCUT2D eigenvalue weighted by Crippen LogP contribution is -2.32. The second kappa shape index (κ2) is 5.11. The number of nitro groups is 1. The minimum atomic E-state index is -3.80. The molecule has 0 aliphatic carbocycles. The van der Waals surface area contributed by atoms with E-state index in [1.54, 1.807) is 0 Å². The maximum Gasteiger partial charge on any atom is 0.270 e. The third-order valence-electron chi connectivity index (χ3n) is 2.99. The fourth-order valence-corrected chi connectivity index (χ4v) is 3.27. The summed E-state index contributed by atoms with van der Waals surface area (Å²) in [7, 11) is -3.80. The fourth-order valence-electron chi connectivity index (χ4n) is 1.96. The highest BCUT2D eigenvalue weighted by Gasteiger charge is 2.37. The molecule has 20 heavy (non-hydrogen) atoms. The molecule has 2 N–H and O–H groups in total. The summed E-state index contributed by atoms with van der Waals surface area (Å²) in [6, 6.07) is 3.90. The Balaban J connectivity index is 2.33. The molecule has 1 fully saturated rings. The molecule has 108 valence electrons. The standard InChI is InChI=1S/C10H10BrN3O5S/c11-8-3-6(14(16)17)1-2-9(8)13-5-7(4-10(13)15)20(12,18)19/h1-3,7H,4-5H2,(H2,12,18,19). The number of anilines is 1. The average molecular weight is 364 g/mol. The van der Waals surface area contributed by atoms with E-state index in [2.05, 4.69) is 15.9 Å². The first kappa shape index (κ1) is 14.9. The second-order valence-electron chi connectivity index (χ2n) is 4.31. The van der Waals surface area contributed by atoms with Crippen molar-refractivity contribution in [2.24, 2.45) is 5.14 Å². The molecular weight excluding hydrogens is 354 g/mol. The van der Waals surface area contributed by atoms with Crippen LogP contribution in [0.3, 0.4) is 0 Å². The highest BCUT2D eigenvalue weighted by Crippen LogP contribution is 2.33. The maximum atomic E-state index is 11.9. The van der Waals surface area contributed by atoms with E-state index in [0.29, 0.717) is 10.2 Å². The molecule has 0 aromatic heterocycles. The second-order valence-corrected chi connectivity index (χ2v) is 7.01. The number of primary sulfonamides is 1. The van der Waals surface area contributed by atoms with Crippen molar-refractivity contribution in [2.75, 3.05) is 11.4 Å². The summed E-state index contributed by atoms with van der Waals surface area (Å²) in [6.45, 7) is -0.0614. The molecule has 1 heterocycles. The largest absolute Gasteiger partial charge is 0.310 e. The maximum absolute atomic E-state index is 11.9. The van der Waals surface area contributed by atoms with Gasteiger partial charge in [0.2, 0.25) is 15.9 Å². The molecule has 1 unspecified atom stereocenters. The number of carbonyl (C=O) groups excluding carboxylic acids is 1. The third kappa shape index (κ3) is 2.81. The molecule has 1 aromatic carbocycles. The highest BCUT2D eigenvalue weighted by atomic mass is 79.9. The van der Waals surface area contributed by atoms with Crippen molar-refractivity contribution in [3.8, 4) is 0 Å². The number of sulfonamides is 1. The third-order valence-corrected chi connectivity index (χ3v) is 4.87. The van der Waals surface area contributed by atoms with Crippen LogP contribution < -0.4 is 10.0 Å². The van der Waals surface area contributed by atoms with Gasteiger partial charge in [-0.2, -0.15) is 0 Å². The molecule has 0 radical (unpaired) electrons. The summed E-state index contributed by atoms with van der Waals surface area (Å²) in [5, 5.41) is 14.7. The van der Waals surface area contributed by atoms with Gasteiger partial charge in [0.25, 0.3) is 5.69 Å². The zero-order chi connectivity index (χ0) is 15.1. The zero-order valence-electron chi connectivity index (χ0n) is 10.0. The summed E-state index contributed by atoms with van der Waals surface area (Å²) < 4.78 is 22.9. The smallest absolute Gasteiger partial charge is 0.270 e. The molecule has 2 rings (SSSR count). The molecule has 1 aliphatic heterocycles. The van der Waals surface area contributed by atoms with Crippen LogP contribution in [0.5, 0.6) is 0 Å². The number of carbonyl (C=O) groups is 1. The molecule has 0 saturated carbocycles. The fraction of sp³-hybridized carbons (Fsp3) is 0.300. The first-order valence-electron chi connectivity index (χ1n) is 5.46. The Morgan fingerprint density at radius 1 is 1.45 bits per heavy atom. The Labute approximate surface area is 122 Å². The Kier molecular flexibility index (Phi) is 3.80. The van der Waals surface area contributed by atoms with E-state index >= 15 is 0 Å². The molecular formula is C10H10BrN3O5S. The van der Waals surface area contributed by atoms with Gasteiger partial charge in [0.05, 0.1) is 10.6 Å². The average Bonchev–Trinajstić information content (AvgIpc) is 2.71. The number of amides is 1. The Morgan fingerprint density at radius 2 is 2.10 bits per heavy atom. The van der Waals surface area contributed by atoms with E-state index in [9.17, 15) is 23.3 Å². The number of halogens is 1. The number of hydrogen-bond acceptors (Lipinski definition) is 5. The number of hydrogen-bond donors (Lipinski definition) is 1. The van der Waals surface area contributed by atoms with Gasteiger partial charge >= 0.3 is 0 Å². The van der Waals surface area contributed by atoms with Crippen LogP contribution in [0.25, 0.3) is 0 Å². The summed E-state index contributed by atoms with van der Waals surface area (Å²) in [6.07, 6.45) is -0.192. The van der Waals surface area contributed by atoms with Crippen molar-refractivity contribution < 1.29 is 18.1 Å². The van der Waals surface area contributed by atoms with Crippen molar-refractivity contribution in [3.05, 3.63) is 32.8 Å². The first-order valence-corrected chi connectivity index (χ1v) is 7.86. The first-order chi connectivity index (χ1) is 9.20. The predicted molar refractivity (Wildman–Crippen MR) is 74.7 cm³/mol. The van der Waals surface area contributed by atoms with Gasteiger partial charge in [0.15, 0.2) is 0 Å². The number of rotatable bonds is 3. The predicted octanol–water partition coefficient (Wildman–Crippen LogP) is 0.751. The Bertz CT molecular complexity index is 690. The van der Waals surface area contributed by atoms with Gasteiger partial charge in [-0.3, -0.25) is 14.9 Å². The van der Waals surface area contributed by atoms with Crippen LogP contribution in [0.1, 0.15) is 6.42 Å². The SMILES string of the molecule is NS(=O)(=O)C1CC(=O)N(c2ccc([N+](=O)[O-])cc2Br)C1. The minimum Gasteiger partial charge on any atom is -0.310 e. The lowest BCUT2D eigenvalue weighted by atomic mass is 10.2. The van der Waals surface area contributed by atoms with Crippen LogP contribution in [0.2, 0.25) is 0 Å². The number of nitro benzene ring substituents is 1. The van der Waals surface area contributed by atoms with Crippen LogP contribution in [-0.4, -0.2) is 31.0 Å². The summed E-state index contributed by atoms with van der Waals surface area (Å²) in [4.78, 5) is 23.2. The molecule has 0 bridgehead atoms. The van der Waals surface area contributed by atoms with Crippen LogP contribution >= 0.6 is 15.9 Å². The lowest BCUT2D eigenvalue weighted by Gasteiger charge is -2.17. The van der Waals surface area contributed by atoms with E-state index in [4.69, 9.17) is 5.14 Å². The topological polar surface area (TPSA) is 124 Å². The van der Waals surface area contributed by atoms with Crippen molar-refractivity contribution in [2.45, 2.75) is 11.7 Å². The summed E-state index contributed by atoms with van der Waals surface area (Å²) >= 11 is 3.14. The molecule has 8 nitrogen and oxygen atoms in total. The van der Waals surface area contributed by atoms with Crippen molar-refractivity contribution >= 4 is 43.2 Å². The molecule has 1 amide bonds. The van der Waals surface area contributed by atoms with Gasteiger partial charge in [0, 0.05) is 29.6 Å². The van der Waals surface area contributed by atoms with Crippen molar-refractivity contribution in [1.82, 2.24) is 0 Å². The minimum absolute atomic E-state index is 0.0614. The van der Waals surface area contributed by atoms with Gasteiger partial charge in [-0.05, 0) is 22.0 Å². The molecule has 1 saturated heterocycles. The van der Waals surface area contributed by atoms with Crippen LogP contribution in [0.4, 0.5) is 11.4 Å². The number of nitrogens with two attached hydrogens (primary N) is 1. The van der Waals surface area contributed by atoms with Gasteiger partial charge in [-0.15, -0.1) is 0 Å². The van der Waals surface area contributed by atoms with Gasteiger partial charge in [-0.1, -0.05) is 0 Å².